The second-order valence-electron chi connectivity index (χ2n) is 8.20. The molecule has 0 aliphatic carbocycles. The third kappa shape index (κ3) is 4.08. The van der Waals surface area contributed by atoms with Crippen molar-refractivity contribution in [2.24, 2.45) is 0 Å². The molecule has 33 heavy (non-hydrogen) atoms. The predicted octanol–water partition coefficient (Wildman–Crippen LogP) is 4.77. The van der Waals surface area contributed by atoms with Crippen LogP contribution in [0.25, 0.3) is 11.0 Å². The molecule has 3 aromatic carbocycles. The van der Waals surface area contributed by atoms with E-state index in [-0.39, 0.29) is 11.3 Å². The summed E-state index contributed by atoms with van der Waals surface area (Å²) in [6, 6.07) is 22.1. The Labute approximate surface area is 190 Å². The van der Waals surface area contributed by atoms with Crippen LogP contribution in [0.5, 0.6) is 0 Å². The number of rotatable bonds is 5. The van der Waals surface area contributed by atoms with Crippen molar-refractivity contribution in [3.8, 4) is 0 Å². The van der Waals surface area contributed by atoms with Gasteiger partial charge < -0.3 is 9.88 Å². The Hall–Kier alpha value is -4.04. The number of anilines is 1. The maximum absolute atomic E-state index is 12.6. The molecule has 1 atom stereocenters. The number of aromatic nitrogens is 2. The smallest absolute Gasteiger partial charge is 0.270 e. The average molecular weight is 441 g/mol. The molecule has 1 aliphatic heterocycles. The minimum Gasteiger partial charge on any atom is -0.326 e. The van der Waals surface area contributed by atoms with Crippen molar-refractivity contribution >= 4 is 28.3 Å². The normalized spacial score (nSPS) is 14.6. The fourth-order valence-corrected chi connectivity index (χ4v) is 4.35. The second-order valence-corrected chi connectivity index (χ2v) is 8.20. The van der Waals surface area contributed by atoms with E-state index in [9.17, 15) is 14.9 Å². The highest BCUT2D eigenvalue weighted by molar-refractivity contribution is 6.05. The van der Waals surface area contributed by atoms with Crippen LogP contribution in [0.3, 0.4) is 0 Å². The molecule has 0 radical (unpaired) electrons. The summed E-state index contributed by atoms with van der Waals surface area (Å²) >= 11 is 0. The number of imidazole rings is 1. The zero-order chi connectivity index (χ0) is 22.9. The predicted molar refractivity (Wildman–Crippen MR) is 126 cm³/mol. The third-order valence-corrected chi connectivity index (χ3v) is 6.19. The van der Waals surface area contributed by atoms with Gasteiger partial charge >= 0.3 is 0 Å². The van der Waals surface area contributed by atoms with Crippen LogP contribution in [-0.4, -0.2) is 31.8 Å². The zero-order valence-corrected chi connectivity index (χ0v) is 18.1. The van der Waals surface area contributed by atoms with Gasteiger partial charge in [0.25, 0.3) is 11.6 Å². The van der Waals surface area contributed by atoms with Gasteiger partial charge in [-0.05, 0) is 36.8 Å². The summed E-state index contributed by atoms with van der Waals surface area (Å²) < 4.78 is 2.23. The molecule has 5 rings (SSSR count). The van der Waals surface area contributed by atoms with Gasteiger partial charge in [-0.1, -0.05) is 36.4 Å². The van der Waals surface area contributed by atoms with E-state index in [4.69, 9.17) is 4.98 Å². The first kappa shape index (κ1) is 20.8. The summed E-state index contributed by atoms with van der Waals surface area (Å²) in [4.78, 5) is 30.3. The first-order valence-electron chi connectivity index (χ1n) is 10.8. The van der Waals surface area contributed by atoms with E-state index in [1.165, 1.54) is 23.8 Å². The van der Waals surface area contributed by atoms with Gasteiger partial charge in [0, 0.05) is 42.5 Å². The fourth-order valence-electron chi connectivity index (χ4n) is 4.35. The lowest BCUT2D eigenvalue weighted by Gasteiger charge is -2.33. The molecule has 166 valence electrons. The maximum atomic E-state index is 12.6. The van der Waals surface area contributed by atoms with Gasteiger partial charge in [0.05, 0.1) is 22.5 Å². The highest BCUT2D eigenvalue weighted by atomic mass is 16.6. The number of nitrogens with zero attached hydrogens (tertiary/aromatic N) is 4. The SMILES string of the molecule is CC(c1ccccc1)N1CCn2c(nc3cc(NC(=O)c4cccc([N+](=O)[O-])c4)ccc32)C1. The minimum absolute atomic E-state index is 0.117. The molecule has 2 heterocycles. The number of hydrogen-bond donors (Lipinski definition) is 1. The lowest BCUT2D eigenvalue weighted by molar-refractivity contribution is -0.384. The van der Waals surface area contributed by atoms with Crippen LogP contribution in [0.2, 0.25) is 0 Å². The summed E-state index contributed by atoms with van der Waals surface area (Å²) in [5, 5.41) is 13.8. The average Bonchev–Trinajstić information content (AvgIpc) is 3.21. The number of carbonyl (C=O) groups excluding carboxylic acids is 1. The molecule has 0 fully saturated rings. The largest absolute Gasteiger partial charge is 0.326 e. The van der Waals surface area contributed by atoms with Crippen molar-refractivity contribution in [2.45, 2.75) is 26.1 Å². The highest BCUT2D eigenvalue weighted by Gasteiger charge is 2.24. The molecule has 8 nitrogen and oxygen atoms in total. The molecule has 0 saturated heterocycles. The van der Waals surface area contributed by atoms with Crippen LogP contribution in [0.15, 0.2) is 72.8 Å². The number of amides is 1. The number of non-ortho nitro benzene ring substituents is 1. The number of carbonyl (C=O) groups is 1. The molecule has 0 bridgehead atoms. The maximum Gasteiger partial charge on any atom is 0.270 e. The third-order valence-electron chi connectivity index (χ3n) is 6.19. The van der Waals surface area contributed by atoms with E-state index in [0.717, 1.165) is 36.5 Å². The molecule has 1 aromatic heterocycles. The molecule has 0 saturated carbocycles. The fraction of sp³-hybridized carbons (Fsp3) is 0.200. The van der Waals surface area contributed by atoms with Gasteiger partial charge in [0.2, 0.25) is 0 Å². The Morgan fingerprint density at radius 3 is 2.67 bits per heavy atom. The van der Waals surface area contributed by atoms with Crippen molar-refractivity contribution in [3.05, 3.63) is 99.9 Å². The monoisotopic (exact) mass is 441 g/mol. The molecule has 1 unspecified atom stereocenters. The molecular formula is C25H23N5O3. The molecule has 4 aromatic rings. The summed E-state index contributed by atoms with van der Waals surface area (Å²) in [7, 11) is 0. The molecule has 1 aliphatic rings. The molecule has 8 heteroatoms. The summed E-state index contributed by atoms with van der Waals surface area (Å²) in [5.41, 5.74) is 3.85. The molecule has 1 N–H and O–H groups in total. The van der Waals surface area contributed by atoms with Crippen molar-refractivity contribution in [3.63, 3.8) is 0 Å². The van der Waals surface area contributed by atoms with E-state index in [2.05, 4.69) is 46.0 Å². The Kier molecular flexibility index (Phi) is 5.35. The second kappa shape index (κ2) is 8.48. The summed E-state index contributed by atoms with van der Waals surface area (Å²) in [5.74, 6) is 0.603. The lowest BCUT2D eigenvalue weighted by atomic mass is 10.1. The number of nitrogens with one attached hydrogen (secondary N) is 1. The number of benzene rings is 3. The van der Waals surface area contributed by atoms with E-state index in [1.54, 1.807) is 6.07 Å². The standard InChI is InChI=1S/C25H23N5O3/c1-17(18-6-3-2-4-7-18)28-12-13-29-23-11-10-20(15-22(23)27-24(29)16-28)26-25(31)19-8-5-9-21(14-19)30(32)33/h2-11,14-15,17H,12-13,16H2,1H3,(H,26,31). The van der Waals surface area contributed by atoms with Crippen LogP contribution in [0.1, 0.15) is 34.7 Å². The highest BCUT2D eigenvalue weighted by Crippen LogP contribution is 2.28. The van der Waals surface area contributed by atoms with E-state index >= 15 is 0 Å². The van der Waals surface area contributed by atoms with Crippen LogP contribution in [-0.2, 0) is 13.1 Å². The van der Waals surface area contributed by atoms with Gasteiger partial charge in [-0.3, -0.25) is 19.8 Å². The summed E-state index contributed by atoms with van der Waals surface area (Å²) in [6.45, 7) is 4.75. The topological polar surface area (TPSA) is 93.3 Å². The van der Waals surface area contributed by atoms with Gasteiger partial charge in [0.15, 0.2) is 0 Å². The Balaban J connectivity index is 1.36. The van der Waals surface area contributed by atoms with E-state index < -0.39 is 10.8 Å². The zero-order valence-electron chi connectivity index (χ0n) is 18.1. The van der Waals surface area contributed by atoms with Gasteiger partial charge in [-0.15, -0.1) is 0 Å². The Bertz CT molecular complexity index is 1350. The van der Waals surface area contributed by atoms with Gasteiger partial charge in [-0.2, -0.15) is 0 Å². The van der Waals surface area contributed by atoms with Crippen molar-refractivity contribution in [1.82, 2.24) is 14.5 Å². The van der Waals surface area contributed by atoms with Crippen LogP contribution < -0.4 is 5.32 Å². The van der Waals surface area contributed by atoms with E-state index in [0.29, 0.717) is 11.7 Å². The number of fused-ring (bicyclic) bond motifs is 3. The van der Waals surface area contributed by atoms with Crippen molar-refractivity contribution < 1.29 is 9.72 Å². The molecular weight excluding hydrogens is 418 g/mol. The molecule has 0 spiro atoms. The minimum atomic E-state index is -0.513. The lowest BCUT2D eigenvalue weighted by Crippen LogP contribution is -2.35. The van der Waals surface area contributed by atoms with E-state index in [1.807, 2.05) is 24.3 Å². The van der Waals surface area contributed by atoms with Crippen LogP contribution >= 0.6 is 0 Å². The van der Waals surface area contributed by atoms with Gasteiger partial charge in [-0.25, -0.2) is 4.98 Å². The summed E-state index contributed by atoms with van der Waals surface area (Å²) in [6.07, 6.45) is 0. The number of hydrogen-bond acceptors (Lipinski definition) is 5. The quantitative estimate of drug-likeness (QED) is 0.356. The number of nitro benzene ring substituents is 1. The van der Waals surface area contributed by atoms with Crippen LogP contribution in [0, 0.1) is 10.1 Å². The van der Waals surface area contributed by atoms with Gasteiger partial charge in [0.1, 0.15) is 5.82 Å². The first-order chi connectivity index (χ1) is 16.0. The first-order valence-corrected chi connectivity index (χ1v) is 10.8. The van der Waals surface area contributed by atoms with Crippen LogP contribution in [0.4, 0.5) is 11.4 Å². The molecule has 1 amide bonds. The Morgan fingerprint density at radius 2 is 1.88 bits per heavy atom. The van der Waals surface area contributed by atoms with Crippen molar-refractivity contribution in [1.29, 1.82) is 0 Å². The van der Waals surface area contributed by atoms with Crippen molar-refractivity contribution in [2.75, 3.05) is 11.9 Å². The Morgan fingerprint density at radius 1 is 1.06 bits per heavy atom. The number of nitro groups is 1.